The second-order valence-corrected chi connectivity index (χ2v) is 13.4. The van der Waals surface area contributed by atoms with E-state index in [0.717, 1.165) is 41.8 Å². The van der Waals surface area contributed by atoms with E-state index in [1.165, 1.54) is 4.90 Å². The van der Waals surface area contributed by atoms with Crippen LogP contribution in [0.3, 0.4) is 0 Å². The van der Waals surface area contributed by atoms with Gasteiger partial charge in [-0.1, -0.05) is 79.4 Å². The van der Waals surface area contributed by atoms with Crippen LogP contribution in [0.5, 0.6) is 5.75 Å². The second kappa shape index (κ2) is 14.9. The SMILES string of the molecule is CC[C@H](C(=O)NC1CCCC1)N(Cc1ccc(Cl)c(Cl)c1)C(=O)CN(c1ccc(OCc2ccccc2)cc1)S(C)(=O)=O. The zero-order chi connectivity index (χ0) is 31.0. The van der Waals surface area contributed by atoms with Gasteiger partial charge in [-0.3, -0.25) is 13.9 Å². The van der Waals surface area contributed by atoms with Crippen molar-refractivity contribution >= 4 is 50.7 Å². The van der Waals surface area contributed by atoms with E-state index in [1.54, 1.807) is 42.5 Å². The Kier molecular flexibility index (Phi) is 11.3. The average molecular weight is 647 g/mol. The lowest BCUT2D eigenvalue weighted by molar-refractivity contribution is -0.140. The van der Waals surface area contributed by atoms with Gasteiger partial charge in [-0.2, -0.15) is 0 Å². The minimum Gasteiger partial charge on any atom is -0.489 e. The molecule has 0 aromatic heterocycles. The van der Waals surface area contributed by atoms with Crippen LogP contribution >= 0.6 is 23.2 Å². The van der Waals surface area contributed by atoms with Crippen molar-refractivity contribution in [1.29, 1.82) is 0 Å². The van der Waals surface area contributed by atoms with Crippen LogP contribution in [-0.4, -0.2) is 50.0 Å². The van der Waals surface area contributed by atoms with Crippen LogP contribution in [0, 0.1) is 0 Å². The Morgan fingerprint density at radius 1 is 0.953 bits per heavy atom. The summed E-state index contributed by atoms with van der Waals surface area (Å²) in [5.41, 5.74) is 1.97. The number of hydrogen-bond acceptors (Lipinski definition) is 5. The highest BCUT2D eigenvalue weighted by molar-refractivity contribution is 7.92. The monoisotopic (exact) mass is 645 g/mol. The topological polar surface area (TPSA) is 96.0 Å². The largest absolute Gasteiger partial charge is 0.489 e. The molecule has 0 radical (unpaired) electrons. The van der Waals surface area contributed by atoms with E-state index < -0.39 is 28.5 Å². The first kappa shape index (κ1) is 32.6. The quantitative estimate of drug-likeness (QED) is 0.239. The molecule has 43 heavy (non-hydrogen) atoms. The average Bonchev–Trinajstić information content (AvgIpc) is 3.50. The molecule has 1 saturated carbocycles. The Morgan fingerprint density at radius 2 is 1.63 bits per heavy atom. The van der Waals surface area contributed by atoms with Crippen molar-refractivity contribution in [3.05, 3.63) is 94.0 Å². The Balaban J connectivity index is 1.56. The third-order valence-corrected chi connectivity index (χ3v) is 9.36. The van der Waals surface area contributed by atoms with Crippen LogP contribution in [-0.2, 0) is 32.8 Å². The van der Waals surface area contributed by atoms with Gasteiger partial charge in [0.2, 0.25) is 21.8 Å². The fraction of sp³-hybridized carbons (Fsp3) is 0.375. The fourth-order valence-electron chi connectivity index (χ4n) is 5.18. The van der Waals surface area contributed by atoms with E-state index in [-0.39, 0.29) is 18.5 Å². The summed E-state index contributed by atoms with van der Waals surface area (Å²) in [5.74, 6) is -0.216. The Morgan fingerprint density at radius 3 is 2.23 bits per heavy atom. The Bertz CT molecular complexity index is 1500. The summed E-state index contributed by atoms with van der Waals surface area (Å²) >= 11 is 12.4. The maximum absolute atomic E-state index is 14.0. The van der Waals surface area contributed by atoms with Crippen molar-refractivity contribution in [2.45, 2.75) is 64.3 Å². The van der Waals surface area contributed by atoms with Crippen molar-refractivity contribution in [3.8, 4) is 5.75 Å². The van der Waals surface area contributed by atoms with Crippen LogP contribution in [0.1, 0.15) is 50.2 Å². The van der Waals surface area contributed by atoms with Crippen molar-refractivity contribution < 1.29 is 22.7 Å². The summed E-state index contributed by atoms with van der Waals surface area (Å²) in [6, 6.07) is 20.5. The van der Waals surface area contributed by atoms with Crippen LogP contribution < -0.4 is 14.4 Å². The predicted molar refractivity (Wildman–Crippen MR) is 171 cm³/mol. The minimum atomic E-state index is -3.87. The van der Waals surface area contributed by atoms with Gasteiger partial charge in [-0.15, -0.1) is 0 Å². The number of anilines is 1. The van der Waals surface area contributed by atoms with E-state index in [1.807, 2.05) is 37.3 Å². The van der Waals surface area contributed by atoms with E-state index in [4.69, 9.17) is 27.9 Å². The minimum absolute atomic E-state index is 0.0518. The molecule has 1 aliphatic rings. The van der Waals surface area contributed by atoms with Crippen LogP contribution in [0.25, 0.3) is 0 Å². The van der Waals surface area contributed by atoms with Gasteiger partial charge < -0.3 is 15.0 Å². The number of nitrogens with one attached hydrogen (secondary N) is 1. The number of amides is 2. The summed E-state index contributed by atoms with van der Waals surface area (Å²) in [4.78, 5) is 28.8. The van der Waals surface area contributed by atoms with E-state index in [0.29, 0.717) is 40.1 Å². The first-order valence-corrected chi connectivity index (χ1v) is 16.9. The molecule has 0 bridgehead atoms. The van der Waals surface area contributed by atoms with E-state index in [2.05, 4.69) is 5.32 Å². The number of carbonyl (C=O) groups excluding carboxylic acids is 2. The molecule has 230 valence electrons. The van der Waals surface area contributed by atoms with Crippen molar-refractivity contribution in [1.82, 2.24) is 10.2 Å². The number of halogens is 2. The molecule has 1 N–H and O–H groups in total. The van der Waals surface area contributed by atoms with Gasteiger partial charge in [-0.25, -0.2) is 8.42 Å². The fourth-order valence-corrected chi connectivity index (χ4v) is 6.36. The molecule has 1 aliphatic carbocycles. The van der Waals surface area contributed by atoms with Gasteiger partial charge in [0.05, 0.1) is 22.0 Å². The zero-order valence-corrected chi connectivity index (χ0v) is 26.7. The van der Waals surface area contributed by atoms with Crippen molar-refractivity contribution in [2.75, 3.05) is 17.1 Å². The van der Waals surface area contributed by atoms with Crippen LogP contribution in [0.15, 0.2) is 72.8 Å². The molecular formula is C32H37Cl2N3O5S. The lowest BCUT2D eigenvalue weighted by Crippen LogP contribution is -2.53. The molecule has 0 heterocycles. The van der Waals surface area contributed by atoms with Gasteiger partial charge in [0.1, 0.15) is 24.9 Å². The van der Waals surface area contributed by atoms with Crippen molar-refractivity contribution in [3.63, 3.8) is 0 Å². The summed E-state index contributed by atoms with van der Waals surface area (Å²) < 4.78 is 32.8. The number of benzene rings is 3. The summed E-state index contributed by atoms with van der Waals surface area (Å²) in [7, 11) is -3.87. The molecule has 0 unspecified atom stereocenters. The zero-order valence-electron chi connectivity index (χ0n) is 24.3. The lowest BCUT2D eigenvalue weighted by Gasteiger charge is -2.33. The number of ether oxygens (including phenoxy) is 1. The molecule has 11 heteroatoms. The first-order valence-electron chi connectivity index (χ1n) is 14.3. The molecule has 8 nitrogen and oxygen atoms in total. The molecule has 1 fully saturated rings. The molecule has 4 rings (SSSR count). The maximum Gasteiger partial charge on any atom is 0.244 e. The Labute approximate surface area is 264 Å². The molecule has 0 spiro atoms. The predicted octanol–water partition coefficient (Wildman–Crippen LogP) is 6.20. The third-order valence-electron chi connectivity index (χ3n) is 7.48. The van der Waals surface area contributed by atoms with E-state index in [9.17, 15) is 18.0 Å². The highest BCUT2D eigenvalue weighted by Crippen LogP contribution is 2.26. The summed E-state index contributed by atoms with van der Waals surface area (Å²) in [6.45, 7) is 1.75. The van der Waals surface area contributed by atoms with Gasteiger partial charge >= 0.3 is 0 Å². The van der Waals surface area contributed by atoms with Crippen LogP contribution in [0.4, 0.5) is 5.69 Å². The summed E-state index contributed by atoms with van der Waals surface area (Å²) in [6.07, 6.45) is 5.29. The van der Waals surface area contributed by atoms with Gasteiger partial charge in [0, 0.05) is 12.6 Å². The van der Waals surface area contributed by atoms with Gasteiger partial charge in [0.15, 0.2) is 0 Å². The second-order valence-electron chi connectivity index (χ2n) is 10.7. The molecule has 3 aromatic carbocycles. The van der Waals surface area contributed by atoms with E-state index >= 15 is 0 Å². The standard InChI is InChI=1S/C32H37Cl2N3O5S/c1-3-30(32(39)35-25-11-7-8-12-25)36(20-24-13-18-28(33)29(34)19-24)31(38)21-37(43(2,40)41)26-14-16-27(17-15-26)42-22-23-9-5-4-6-10-23/h4-6,9-10,13-19,25,30H,3,7-8,11-12,20-22H2,1-2H3,(H,35,39)/t30-/m1/s1. The van der Waals surface area contributed by atoms with Gasteiger partial charge in [0.25, 0.3) is 0 Å². The van der Waals surface area contributed by atoms with Crippen LogP contribution in [0.2, 0.25) is 10.0 Å². The number of carbonyl (C=O) groups is 2. The molecule has 2 amide bonds. The Hall–Kier alpha value is -3.27. The summed E-state index contributed by atoms with van der Waals surface area (Å²) in [5, 5.41) is 3.78. The molecule has 1 atom stereocenters. The number of rotatable bonds is 13. The molecule has 0 aliphatic heterocycles. The molecular weight excluding hydrogens is 609 g/mol. The normalized spacial score (nSPS) is 14.2. The highest BCUT2D eigenvalue weighted by atomic mass is 35.5. The molecule has 0 saturated heterocycles. The number of hydrogen-bond donors (Lipinski definition) is 1. The molecule has 3 aromatic rings. The highest BCUT2D eigenvalue weighted by Gasteiger charge is 2.33. The smallest absolute Gasteiger partial charge is 0.244 e. The number of sulfonamides is 1. The number of nitrogens with zero attached hydrogens (tertiary/aromatic N) is 2. The van der Waals surface area contributed by atoms with Gasteiger partial charge in [-0.05, 0) is 66.8 Å². The third kappa shape index (κ3) is 9.11. The first-order chi connectivity index (χ1) is 20.5. The maximum atomic E-state index is 14.0. The van der Waals surface area contributed by atoms with Crippen molar-refractivity contribution in [2.24, 2.45) is 0 Å². The lowest BCUT2D eigenvalue weighted by atomic mass is 10.1.